The van der Waals surface area contributed by atoms with Crippen LogP contribution < -0.4 is 5.32 Å². The van der Waals surface area contributed by atoms with Gasteiger partial charge in [0.1, 0.15) is 0 Å². The lowest BCUT2D eigenvalue weighted by Gasteiger charge is -2.28. The fourth-order valence-corrected chi connectivity index (χ4v) is 3.75. The number of benzene rings is 1. The van der Waals surface area contributed by atoms with Crippen molar-refractivity contribution in [2.45, 2.75) is 31.7 Å². The first-order valence-electron chi connectivity index (χ1n) is 9.19. The molecule has 0 radical (unpaired) electrons. The van der Waals surface area contributed by atoms with E-state index in [0.29, 0.717) is 11.5 Å². The highest BCUT2D eigenvalue weighted by atomic mass is 16.3. The summed E-state index contributed by atoms with van der Waals surface area (Å²) in [5, 5.41) is 13.4. The van der Waals surface area contributed by atoms with Gasteiger partial charge in [-0.3, -0.25) is 9.78 Å². The Kier molecular flexibility index (Phi) is 4.71. The zero-order chi connectivity index (χ0) is 17.9. The van der Waals surface area contributed by atoms with Crippen LogP contribution in [0.2, 0.25) is 0 Å². The van der Waals surface area contributed by atoms with Crippen LogP contribution in [0.3, 0.4) is 0 Å². The highest BCUT2D eigenvalue weighted by Gasteiger charge is 2.22. The molecule has 1 aliphatic rings. The number of amides is 1. The van der Waals surface area contributed by atoms with Crippen molar-refractivity contribution < 1.29 is 9.90 Å². The lowest BCUT2D eigenvalue weighted by Crippen LogP contribution is -2.38. The van der Waals surface area contributed by atoms with Crippen LogP contribution in [0.25, 0.3) is 22.2 Å². The van der Waals surface area contributed by atoms with Gasteiger partial charge in [0.05, 0.1) is 5.69 Å². The number of carbonyl (C=O) groups excluding carboxylic acids is 1. The molecule has 26 heavy (non-hydrogen) atoms. The molecule has 4 rings (SSSR count). The Bertz CT molecular complexity index is 893. The fraction of sp³-hybridized carbons (Fsp3) is 0.333. The zero-order valence-corrected chi connectivity index (χ0v) is 14.6. The maximum atomic E-state index is 12.5. The van der Waals surface area contributed by atoms with Crippen molar-refractivity contribution in [1.82, 2.24) is 15.3 Å². The number of carbonyl (C=O) groups is 1. The molecule has 1 fully saturated rings. The number of aliphatic hydroxyl groups is 1. The first-order chi connectivity index (χ1) is 12.7. The number of nitrogens with zero attached hydrogens (tertiary/aromatic N) is 1. The van der Waals surface area contributed by atoms with Gasteiger partial charge in [0.2, 0.25) is 0 Å². The SMILES string of the molecule is O=C(N[C@H]1CC[C@H](CO)CC1)c1ccc(-c2nccc3[nH]ccc23)cc1. The summed E-state index contributed by atoms with van der Waals surface area (Å²) >= 11 is 0. The molecule has 1 aromatic carbocycles. The van der Waals surface area contributed by atoms with E-state index in [9.17, 15) is 9.90 Å². The van der Waals surface area contributed by atoms with Crippen LogP contribution in [0.4, 0.5) is 0 Å². The number of aromatic nitrogens is 2. The first-order valence-corrected chi connectivity index (χ1v) is 9.19. The molecule has 134 valence electrons. The molecule has 1 amide bonds. The minimum Gasteiger partial charge on any atom is -0.396 e. The average Bonchev–Trinajstić information content (AvgIpc) is 3.17. The minimum absolute atomic E-state index is 0.0307. The molecular weight excluding hydrogens is 326 g/mol. The van der Waals surface area contributed by atoms with E-state index in [-0.39, 0.29) is 18.6 Å². The van der Waals surface area contributed by atoms with E-state index in [1.165, 1.54) is 0 Å². The Morgan fingerprint density at radius 1 is 1.12 bits per heavy atom. The van der Waals surface area contributed by atoms with Crippen molar-refractivity contribution in [3.63, 3.8) is 0 Å². The third-order valence-electron chi connectivity index (χ3n) is 5.34. The second kappa shape index (κ2) is 7.30. The summed E-state index contributed by atoms with van der Waals surface area (Å²) in [5.74, 6) is 0.364. The van der Waals surface area contributed by atoms with E-state index in [1.54, 1.807) is 6.20 Å². The molecule has 5 heteroatoms. The number of hydrogen-bond acceptors (Lipinski definition) is 3. The van der Waals surface area contributed by atoms with Crippen LogP contribution >= 0.6 is 0 Å². The summed E-state index contributed by atoms with van der Waals surface area (Å²) in [6.07, 6.45) is 7.53. The van der Waals surface area contributed by atoms with E-state index in [4.69, 9.17) is 0 Å². The quantitative estimate of drug-likeness (QED) is 0.674. The van der Waals surface area contributed by atoms with Gasteiger partial charge in [-0.25, -0.2) is 0 Å². The van der Waals surface area contributed by atoms with Crippen molar-refractivity contribution in [3.05, 3.63) is 54.4 Å². The summed E-state index contributed by atoms with van der Waals surface area (Å²) in [7, 11) is 0. The molecule has 2 aromatic heterocycles. The van der Waals surface area contributed by atoms with Gasteiger partial charge >= 0.3 is 0 Å². The largest absolute Gasteiger partial charge is 0.396 e. The molecule has 0 spiro atoms. The number of hydrogen-bond donors (Lipinski definition) is 3. The van der Waals surface area contributed by atoms with Crippen molar-refractivity contribution in [2.75, 3.05) is 6.61 Å². The van der Waals surface area contributed by atoms with Crippen LogP contribution in [0.5, 0.6) is 0 Å². The summed E-state index contributed by atoms with van der Waals surface area (Å²) in [5.41, 5.74) is 3.63. The van der Waals surface area contributed by atoms with Crippen LogP contribution in [-0.4, -0.2) is 33.6 Å². The number of aromatic amines is 1. The van der Waals surface area contributed by atoms with E-state index < -0.39 is 0 Å². The molecule has 3 aromatic rings. The normalized spacial score (nSPS) is 20.2. The predicted molar refractivity (Wildman–Crippen MR) is 102 cm³/mol. The van der Waals surface area contributed by atoms with Crippen molar-refractivity contribution in [1.29, 1.82) is 0 Å². The highest BCUT2D eigenvalue weighted by molar-refractivity contribution is 5.96. The Balaban J connectivity index is 1.46. The van der Waals surface area contributed by atoms with Crippen molar-refractivity contribution >= 4 is 16.8 Å². The zero-order valence-electron chi connectivity index (χ0n) is 14.6. The maximum Gasteiger partial charge on any atom is 0.251 e. The molecule has 0 atom stereocenters. The summed E-state index contributed by atoms with van der Waals surface area (Å²) < 4.78 is 0. The Morgan fingerprint density at radius 3 is 2.62 bits per heavy atom. The minimum atomic E-state index is -0.0307. The molecule has 0 aliphatic heterocycles. The first kappa shape index (κ1) is 16.8. The number of fused-ring (bicyclic) bond motifs is 1. The third-order valence-corrected chi connectivity index (χ3v) is 5.34. The number of nitrogens with one attached hydrogen (secondary N) is 2. The Hall–Kier alpha value is -2.66. The summed E-state index contributed by atoms with van der Waals surface area (Å²) in [6.45, 7) is 0.254. The fourth-order valence-electron chi connectivity index (χ4n) is 3.75. The molecule has 5 nitrogen and oxygen atoms in total. The number of H-pyrrole nitrogens is 1. The smallest absolute Gasteiger partial charge is 0.251 e. The summed E-state index contributed by atoms with van der Waals surface area (Å²) in [6, 6.07) is 11.8. The van der Waals surface area contributed by atoms with Gasteiger partial charge in [0, 0.05) is 47.1 Å². The number of aliphatic hydroxyl groups excluding tert-OH is 1. The molecule has 0 unspecified atom stereocenters. The maximum absolute atomic E-state index is 12.5. The monoisotopic (exact) mass is 349 g/mol. The highest BCUT2D eigenvalue weighted by Crippen LogP contribution is 2.26. The van der Waals surface area contributed by atoms with Crippen molar-refractivity contribution in [2.24, 2.45) is 5.92 Å². The van der Waals surface area contributed by atoms with Gasteiger partial charge in [-0.05, 0) is 55.9 Å². The van der Waals surface area contributed by atoms with E-state index in [0.717, 1.165) is 47.8 Å². The molecular formula is C21H23N3O2. The molecule has 1 saturated carbocycles. The topological polar surface area (TPSA) is 78.0 Å². The molecule has 2 heterocycles. The summed E-state index contributed by atoms with van der Waals surface area (Å²) in [4.78, 5) is 20.2. The Labute approximate surface area is 152 Å². The van der Waals surface area contributed by atoms with Gasteiger partial charge in [0.15, 0.2) is 0 Å². The van der Waals surface area contributed by atoms with E-state index in [1.807, 2.05) is 42.6 Å². The Morgan fingerprint density at radius 2 is 1.88 bits per heavy atom. The van der Waals surface area contributed by atoms with Gasteiger partial charge in [-0.1, -0.05) is 12.1 Å². The standard InChI is InChI=1S/C21H23N3O2/c25-13-14-1-7-17(8-2-14)24-21(26)16-5-3-15(4-6-16)20-18-9-11-22-19(18)10-12-23-20/h3-6,9-12,14,17,22,25H,1-2,7-8,13H2,(H,24,26)/t14-,17-. The molecule has 0 saturated heterocycles. The number of pyridine rings is 1. The van der Waals surface area contributed by atoms with E-state index in [2.05, 4.69) is 15.3 Å². The molecule has 3 N–H and O–H groups in total. The second-order valence-electron chi connectivity index (χ2n) is 7.05. The van der Waals surface area contributed by atoms with Gasteiger partial charge in [-0.15, -0.1) is 0 Å². The molecule has 0 bridgehead atoms. The van der Waals surface area contributed by atoms with E-state index >= 15 is 0 Å². The predicted octanol–water partition coefficient (Wildman–Crippen LogP) is 3.51. The van der Waals surface area contributed by atoms with Crippen LogP contribution in [0.15, 0.2) is 48.8 Å². The lowest BCUT2D eigenvalue weighted by atomic mass is 9.86. The van der Waals surface area contributed by atoms with Crippen LogP contribution in [0, 0.1) is 5.92 Å². The van der Waals surface area contributed by atoms with Gasteiger partial charge in [0.25, 0.3) is 5.91 Å². The molecule has 1 aliphatic carbocycles. The van der Waals surface area contributed by atoms with Crippen LogP contribution in [-0.2, 0) is 0 Å². The number of rotatable bonds is 4. The lowest BCUT2D eigenvalue weighted by molar-refractivity contribution is 0.0914. The van der Waals surface area contributed by atoms with Gasteiger partial charge < -0.3 is 15.4 Å². The van der Waals surface area contributed by atoms with Gasteiger partial charge in [-0.2, -0.15) is 0 Å². The third kappa shape index (κ3) is 3.35. The van der Waals surface area contributed by atoms with Crippen molar-refractivity contribution in [3.8, 4) is 11.3 Å². The second-order valence-corrected chi connectivity index (χ2v) is 7.05. The average molecular weight is 349 g/mol. The van der Waals surface area contributed by atoms with Crippen LogP contribution in [0.1, 0.15) is 36.0 Å².